The van der Waals surface area contributed by atoms with Gasteiger partial charge >= 0.3 is 0 Å². The van der Waals surface area contributed by atoms with Gasteiger partial charge in [0.2, 0.25) is 0 Å². The van der Waals surface area contributed by atoms with Crippen LogP contribution in [0.15, 0.2) is 6.20 Å². The second-order valence-corrected chi connectivity index (χ2v) is 8.14. The summed E-state index contributed by atoms with van der Waals surface area (Å²) >= 11 is 1.84. The van der Waals surface area contributed by atoms with Crippen molar-refractivity contribution in [2.75, 3.05) is 13.1 Å². The molecule has 0 aromatic carbocycles. The van der Waals surface area contributed by atoms with Crippen molar-refractivity contribution >= 4 is 11.3 Å². The van der Waals surface area contributed by atoms with Gasteiger partial charge in [-0.2, -0.15) is 0 Å². The molecule has 0 spiro atoms. The van der Waals surface area contributed by atoms with Gasteiger partial charge in [-0.1, -0.05) is 27.7 Å². The minimum atomic E-state index is 0.638. The molecule has 0 aliphatic carbocycles. The van der Waals surface area contributed by atoms with E-state index in [4.69, 9.17) is 0 Å². The molecule has 20 heavy (non-hydrogen) atoms. The molecule has 1 fully saturated rings. The Morgan fingerprint density at radius 2 is 2.15 bits per heavy atom. The SMILES string of the molecule is Cc1ncc(CN2CC(CC(C)C)NCC2C(C)C)s1. The van der Waals surface area contributed by atoms with Crippen LogP contribution in [0.4, 0.5) is 0 Å². The van der Waals surface area contributed by atoms with E-state index in [0.29, 0.717) is 18.0 Å². The molecule has 4 heteroatoms. The molecule has 0 bridgehead atoms. The Morgan fingerprint density at radius 1 is 1.40 bits per heavy atom. The summed E-state index contributed by atoms with van der Waals surface area (Å²) in [6.45, 7) is 14.7. The number of aryl methyl sites for hydroxylation is 1. The fourth-order valence-electron chi connectivity index (χ4n) is 3.14. The predicted molar refractivity (Wildman–Crippen MR) is 87.1 cm³/mol. The summed E-state index contributed by atoms with van der Waals surface area (Å²) in [6, 6.07) is 1.28. The molecule has 0 amide bonds. The van der Waals surface area contributed by atoms with Gasteiger partial charge in [0.05, 0.1) is 5.01 Å². The Morgan fingerprint density at radius 3 is 2.70 bits per heavy atom. The van der Waals surface area contributed by atoms with Crippen LogP contribution in [-0.4, -0.2) is 35.1 Å². The number of rotatable bonds is 5. The summed E-state index contributed by atoms with van der Waals surface area (Å²) in [6.07, 6.45) is 3.32. The van der Waals surface area contributed by atoms with Gasteiger partial charge < -0.3 is 5.32 Å². The van der Waals surface area contributed by atoms with Gasteiger partial charge in [-0.05, 0) is 25.2 Å². The van der Waals surface area contributed by atoms with E-state index >= 15 is 0 Å². The van der Waals surface area contributed by atoms with Crippen LogP contribution >= 0.6 is 11.3 Å². The van der Waals surface area contributed by atoms with Crippen molar-refractivity contribution < 1.29 is 0 Å². The number of nitrogens with zero attached hydrogens (tertiary/aromatic N) is 2. The van der Waals surface area contributed by atoms with E-state index in [0.717, 1.165) is 25.6 Å². The zero-order valence-corrected chi connectivity index (χ0v) is 14.3. The molecule has 1 saturated heterocycles. The maximum absolute atomic E-state index is 4.40. The Bertz CT molecular complexity index is 414. The van der Waals surface area contributed by atoms with E-state index in [-0.39, 0.29) is 0 Å². The van der Waals surface area contributed by atoms with Gasteiger partial charge in [0.15, 0.2) is 0 Å². The van der Waals surface area contributed by atoms with E-state index in [1.165, 1.54) is 16.3 Å². The number of hydrogen-bond acceptors (Lipinski definition) is 4. The molecule has 2 rings (SSSR count). The van der Waals surface area contributed by atoms with Crippen molar-refractivity contribution in [3.8, 4) is 0 Å². The van der Waals surface area contributed by atoms with Crippen LogP contribution < -0.4 is 5.32 Å². The van der Waals surface area contributed by atoms with Crippen molar-refractivity contribution in [3.63, 3.8) is 0 Å². The number of nitrogens with one attached hydrogen (secondary N) is 1. The first-order valence-corrected chi connectivity index (χ1v) is 8.66. The van der Waals surface area contributed by atoms with Gasteiger partial charge in [0.25, 0.3) is 0 Å². The van der Waals surface area contributed by atoms with Crippen LogP contribution in [0.1, 0.15) is 44.0 Å². The standard InChI is InChI=1S/C16H29N3S/c1-11(2)6-14-9-19(16(8-18-14)12(3)4)10-15-7-17-13(5)20-15/h7,11-12,14,16,18H,6,8-10H2,1-5H3. The summed E-state index contributed by atoms with van der Waals surface area (Å²) < 4.78 is 0. The third kappa shape index (κ3) is 4.27. The van der Waals surface area contributed by atoms with Crippen LogP contribution in [-0.2, 0) is 6.54 Å². The lowest BCUT2D eigenvalue weighted by Crippen LogP contribution is -2.57. The van der Waals surface area contributed by atoms with Crippen LogP contribution in [0, 0.1) is 18.8 Å². The van der Waals surface area contributed by atoms with E-state index in [9.17, 15) is 0 Å². The van der Waals surface area contributed by atoms with Gasteiger partial charge in [-0.25, -0.2) is 4.98 Å². The molecule has 1 aromatic rings. The zero-order valence-electron chi connectivity index (χ0n) is 13.5. The van der Waals surface area contributed by atoms with E-state index in [1.54, 1.807) is 0 Å². The molecule has 114 valence electrons. The molecule has 2 heterocycles. The Kier molecular flexibility index (Phi) is 5.58. The first-order chi connectivity index (χ1) is 9.45. The maximum atomic E-state index is 4.40. The number of aromatic nitrogens is 1. The molecular formula is C16H29N3S. The Hall–Kier alpha value is -0.450. The molecule has 2 unspecified atom stereocenters. The summed E-state index contributed by atoms with van der Waals surface area (Å²) in [4.78, 5) is 8.46. The van der Waals surface area contributed by atoms with Crippen LogP contribution in [0.25, 0.3) is 0 Å². The second-order valence-electron chi connectivity index (χ2n) is 6.82. The smallest absolute Gasteiger partial charge is 0.0897 e. The van der Waals surface area contributed by atoms with E-state index < -0.39 is 0 Å². The largest absolute Gasteiger partial charge is 0.311 e. The highest BCUT2D eigenvalue weighted by Crippen LogP contribution is 2.22. The highest BCUT2D eigenvalue weighted by atomic mass is 32.1. The lowest BCUT2D eigenvalue weighted by atomic mass is 9.95. The zero-order chi connectivity index (χ0) is 14.7. The molecule has 0 saturated carbocycles. The van der Waals surface area contributed by atoms with E-state index in [2.05, 4.69) is 56.0 Å². The van der Waals surface area contributed by atoms with Crippen LogP contribution in [0.3, 0.4) is 0 Å². The maximum Gasteiger partial charge on any atom is 0.0897 e. The van der Waals surface area contributed by atoms with Gasteiger partial charge in [-0.15, -0.1) is 11.3 Å². The lowest BCUT2D eigenvalue weighted by Gasteiger charge is -2.42. The molecule has 1 N–H and O–H groups in total. The van der Waals surface area contributed by atoms with Gasteiger partial charge in [-0.3, -0.25) is 4.90 Å². The number of thiazole rings is 1. The number of hydrogen-bond donors (Lipinski definition) is 1. The predicted octanol–water partition coefficient (Wildman–Crippen LogP) is 3.30. The quantitative estimate of drug-likeness (QED) is 0.903. The third-order valence-electron chi connectivity index (χ3n) is 4.09. The molecule has 3 nitrogen and oxygen atoms in total. The average Bonchev–Trinajstić information content (AvgIpc) is 2.73. The molecule has 1 aliphatic heterocycles. The van der Waals surface area contributed by atoms with Crippen molar-refractivity contribution in [1.29, 1.82) is 0 Å². The normalized spacial score (nSPS) is 24.8. The third-order valence-corrected chi connectivity index (χ3v) is 4.99. The first-order valence-electron chi connectivity index (χ1n) is 7.84. The minimum absolute atomic E-state index is 0.638. The molecule has 1 aliphatic rings. The highest BCUT2D eigenvalue weighted by Gasteiger charge is 2.30. The minimum Gasteiger partial charge on any atom is -0.311 e. The molecular weight excluding hydrogens is 266 g/mol. The summed E-state index contributed by atoms with van der Waals surface area (Å²) in [5.74, 6) is 1.45. The first kappa shape index (κ1) is 15.9. The molecule has 1 aromatic heterocycles. The van der Waals surface area contributed by atoms with Crippen molar-refractivity contribution in [1.82, 2.24) is 15.2 Å². The summed E-state index contributed by atoms with van der Waals surface area (Å²) in [5.41, 5.74) is 0. The topological polar surface area (TPSA) is 28.2 Å². The lowest BCUT2D eigenvalue weighted by molar-refractivity contribution is 0.0861. The Balaban J connectivity index is 2.02. The summed E-state index contributed by atoms with van der Waals surface area (Å²) in [5, 5.41) is 4.92. The highest BCUT2D eigenvalue weighted by molar-refractivity contribution is 7.11. The van der Waals surface area contributed by atoms with Crippen LogP contribution in [0.5, 0.6) is 0 Å². The van der Waals surface area contributed by atoms with Crippen LogP contribution in [0.2, 0.25) is 0 Å². The summed E-state index contributed by atoms with van der Waals surface area (Å²) in [7, 11) is 0. The van der Waals surface area contributed by atoms with Gasteiger partial charge in [0.1, 0.15) is 0 Å². The van der Waals surface area contributed by atoms with Crippen molar-refractivity contribution in [3.05, 3.63) is 16.1 Å². The second kappa shape index (κ2) is 7.01. The molecule has 2 atom stereocenters. The van der Waals surface area contributed by atoms with Crippen molar-refractivity contribution in [2.45, 2.75) is 59.7 Å². The fraction of sp³-hybridized carbons (Fsp3) is 0.812. The average molecular weight is 295 g/mol. The Labute approximate surface area is 127 Å². The van der Waals surface area contributed by atoms with Crippen molar-refractivity contribution in [2.24, 2.45) is 11.8 Å². The monoisotopic (exact) mass is 295 g/mol. The van der Waals surface area contributed by atoms with E-state index in [1.807, 2.05) is 11.3 Å². The fourth-order valence-corrected chi connectivity index (χ4v) is 3.96. The number of piperazine rings is 1. The van der Waals surface area contributed by atoms with Gasteiger partial charge in [0, 0.05) is 42.8 Å². The molecule has 0 radical (unpaired) electrons.